The van der Waals surface area contributed by atoms with Crippen molar-refractivity contribution in [2.24, 2.45) is 0 Å². The van der Waals surface area contributed by atoms with E-state index in [1.54, 1.807) is 0 Å². The van der Waals surface area contributed by atoms with E-state index in [1.807, 2.05) is 0 Å². The molecule has 1 rings (SSSR count). The van der Waals surface area contributed by atoms with Gasteiger partial charge in [-0.2, -0.15) is 4.73 Å². The Morgan fingerprint density at radius 2 is 2.08 bits per heavy atom. The van der Waals surface area contributed by atoms with Gasteiger partial charge in [0.15, 0.2) is 11.9 Å². The molecule has 2 nitrogen and oxygen atoms in total. The van der Waals surface area contributed by atoms with Crippen LogP contribution in [-0.2, 0) is 0 Å². The van der Waals surface area contributed by atoms with Gasteiger partial charge in [-0.1, -0.05) is 0 Å². The van der Waals surface area contributed by atoms with Gasteiger partial charge in [0.25, 0.3) is 6.43 Å². The summed E-state index contributed by atoms with van der Waals surface area (Å²) in [6.07, 6.45) is -1.38. The van der Waals surface area contributed by atoms with Crippen LogP contribution in [0.2, 0.25) is 0 Å². The van der Waals surface area contributed by atoms with E-state index < -0.39 is 6.43 Å². The predicted octanol–water partition coefficient (Wildman–Crippen LogP) is 1.99. The SMILES string of the molecule is Cc1c(C(F)F)ccc[n+]1[O-].Cl. The van der Waals surface area contributed by atoms with E-state index in [1.165, 1.54) is 25.3 Å². The summed E-state index contributed by atoms with van der Waals surface area (Å²) in [5.41, 5.74) is -0.148. The fourth-order valence-corrected chi connectivity index (χ4v) is 0.815. The molecule has 68 valence electrons. The summed E-state index contributed by atoms with van der Waals surface area (Å²) in [5, 5.41) is 10.7. The van der Waals surface area contributed by atoms with Gasteiger partial charge in [-0.25, -0.2) is 8.78 Å². The van der Waals surface area contributed by atoms with Crippen LogP contribution in [-0.4, -0.2) is 0 Å². The minimum atomic E-state index is -2.57. The summed E-state index contributed by atoms with van der Waals surface area (Å²) >= 11 is 0. The Balaban J connectivity index is 0.00000121. The third kappa shape index (κ3) is 2.04. The second-order valence-corrected chi connectivity index (χ2v) is 2.18. The van der Waals surface area contributed by atoms with E-state index in [-0.39, 0.29) is 23.7 Å². The number of rotatable bonds is 1. The first-order chi connectivity index (χ1) is 5.13. The second kappa shape index (κ2) is 4.21. The fraction of sp³-hybridized carbons (Fsp3) is 0.286. The van der Waals surface area contributed by atoms with Crippen molar-refractivity contribution in [3.8, 4) is 0 Å². The van der Waals surface area contributed by atoms with E-state index in [0.717, 1.165) is 0 Å². The maximum absolute atomic E-state index is 12.1. The van der Waals surface area contributed by atoms with Gasteiger partial charge in [0, 0.05) is 13.0 Å². The third-order valence-electron chi connectivity index (χ3n) is 1.48. The van der Waals surface area contributed by atoms with Gasteiger partial charge in [0.05, 0.1) is 5.56 Å². The van der Waals surface area contributed by atoms with Crippen LogP contribution in [0.4, 0.5) is 8.78 Å². The summed E-state index contributed by atoms with van der Waals surface area (Å²) in [6.45, 7) is 1.37. The highest BCUT2D eigenvalue weighted by Crippen LogP contribution is 2.19. The highest BCUT2D eigenvalue weighted by atomic mass is 35.5. The van der Waals surface area contributed by atoms with Crippen molar-refractivity contribution in [2.45, 2.75) is 13.3 Å². The van der Waals surface area contributed by atoms with Crippen LogP contribution in [0.5, 0.6) is 0 Å². The molecule has 0 aromatic carbocycles. The summed E-state index contributed by atoms with van der Waals surface area (Å²) < 4.78 is 24.5. The first kappa shape index (κ1) is 11.1. The number of halogens is 3. The fourth-order valence-electron chi connectivity index (χ4n) is 0.815. The van der Waals surface area contributed by atoms with Crippen molar-refractivity contribution < 1.29 is 13.5 Å². The van der Waals surface area contributed by atoms with Crippen LogP contribution in [0, 0.1) is 12.1 Å². The number of hydrogen-bond acceptors (Lipinski definition) is 1. The quantitative estimate of drug-likeness (QED) is 0.497. The molecule has 0 unspecified atom stereocenters. The normalized spacial score (nSPS) is 9.67. The van der Waals surface area contributed by atoms with Gasteiger partial charge < -0.3 is 5.21 Å². The largest absolute Gasteiger partial charge is 0.618 e. The molecule has 1 aromatic heterocycles. The lowest BCUT2D eigenvalue weighted by Crippen LogP contribution is -2.30. The molecular formula is C7H8ClF2NO. The number of hydrogen-bond donors (Lipinski definition) is 0. The van der Waals surface area contributed by atoms with E-state index in [9.17, 15) is 14.0 Å². The molecule has 0 atom stereocenters. The van der Waals surface area contributed by atoms with Crippen LogP contribution in [0.1, 0.15) is 17.7 Å². The Kier molecular flexibility index (Phi) is 3.89. The van der Waals surface area contributed by atoms with Gasteiger partial charge in [-0.3, -0.25) is 0 Å². The molecule has 0 saturated heterocycles. The average Bonchev–Trinajstić information content (AvgIpc) is 1.94. The lowest BCUT2D eigenvalue weighted by Gasteiger charge is -2.03. The molecule has 12 heavy (non-hydrogen) atoms. The van der Waals surface area contributed by atoms with Gasteiger partial charge in [-0.15, -0.1) is 12.4 Å². The molecule has 0 aliphatic heterocycles. The molecule has 0 aliphatic rings. The molecule has 0 aliphatic carbocycles. The number of nitrogens with zero attached hydrogens (tertiary/aromatic N) is 1. The molecule has 0 bridgehead atoms. The topological polar surface area (TPSA) is 26.9 Å². The molecule has 1 heterocycles. The third-order valence-corrected chi connectivity index (χ3v) is 1.48. The molecule has 0 radical (unpaired) electrons. The molecule has 0 amide bonds. The first-order valence-electron chi connectivity index (χ1n) is 3.09. The Hall–Kier alpha value is -0.900. The van der Waals surface area contributed by atoms with E-state index in [0.29, 0.717) is 4.73 Å². The van der Waals surface area contributed by atoms with Crippen molar-refractivity contribution in [3.05, 3.63) is 34.8 Å². The zero-order valence-electron chi connectivity index (χ0n) is 6.33. The van der Waals surface area contributed by atoms with Crippen molar-refractivity contribution in [2.75, 3.05) is 0 Å². The van der Waals surface area contributed by atoms with Gasteiger partial charge >= 0.3 is 0 Å². The summed E-state index contributed by atoms with van der Waals surface area (Å²) in [5.74, 6) is 0. The van der Waals surface area contributed by atoms with Gasteiger partial charge in [-0.05, 0) is 6.07 Å². The standard InChI is InChI=1S/C7H7F2NO.ClH/c1-5-6(7(8)9)3-2-4-10(5)11;/h2-4,7H,1H3;1H. The van der Waals surface area contributed by atoms with Gasteiger partial charge in [0.1, 0.15) is 0 Å². The summed E-state index contributed by atoms with van der Waals surface area (Å²) in [4.78, 5) is 0. The van der Waals surface area contributed by atoms with Crippen LogP contribution in [0.3, 0.4) is 0 Å². The Morgan fingerprint density at radius 1 is 1.50 bits per heavy atom. The number of alkyl halides is 2. The lowest BCUT2D eigenvalue weighted by atomic mass is 10.2. The Bertz CT molecular complexity index is 268. The average molecular weight is 196 g/mol. The van der Waals surface area contributed by atoms with Crippen LogP contribution in [0.15, 0.2) is 18.3 Å². The molecule has 5 heteroatoms. The highest BCUT2D eigenvalue weighted by molar-refractivity contribution is 5.85. The smallest absolute Gasteiger partial charge is 0.269 e. The molecular weight excluding hydrogens is 188 g/mol. The van der Waals surface area contributed by atoms with Gasteiger partial charge in [0.2, 0.25) is 0 Å². The first-order valence-corrected chi connectivity index (χ1v) is 3.09. The number of pyridine rings is 1. The van der Waals surface area contributed by atoms with Crippen LogP contribution < -0.4 is 4.73 Å². The highest BCUT2D eigenvalue weighted by Gasteiger charge is 2.15. The van der Waals surface area contributed by atoms with Crippen LogP contribution >= 0.6 is 12.4 Å². The Labute approximate surface area is 74.8 Å². The van der Waals surface area contributed by atoms with E-state index in [2.05, 4.69) is 0 Å². The van der Waals surface area contributed by atoms with Crippen molar-refractivity contribution in [3.63, 3.8) is 0 Å². The molecule has 1 aromatic rings. The zero-order valence-corrected chi connectivity index (χ0v) is 7.15. The van der Waals surface area contributed by atoms with E-state index in [4.69, 9.17) is 0 Å². The molecule has 0 saturated carbocycles. The minimum absolute atomic E-state index is 0. The number of aromatic nitrogens is 1. The maximum atomic E-state index is 12.1. The molecule has 0 spiro atoms. The van der Waals surface area contributed by atoms with Crippen molar-refractivity contribution in [1.82, 2.24) is 0 Å². The molecule has 0 N–H and O–H groups in total. The van der Waals surface area contributed by atoms with Crippen LogP contribution in [0.25, 0.3) is 0 Å². The van der Waals surface area contributed by atoms with Crippen molar-refractivity contribution in [1.29, 1.82) is 0 Å². The predicted molar refractivity (Wildman–Crippen MR) is 42.3 cm³/mol. The zero-order chi connectivity index (χ0) is 8.43. The van der Waals surface area contributed by atoms with Crippen molar-refractivity contribution >= 4 is 12.4 Å². The van der Waals surface area contributed by atoms with E-state index >= 15 is 0 Å². The monoisotopic (exact) mass is 195 g/mol. The summed E-state index contributed by atoms with van der Waals surface area (Å²) in [7, 11) is 0. The maximum Gasteiger partial charge on any atom is 0.269 e. The second-order valence-electron chi connectivity index (χ2n) is 2.18. The lowest BCUT2D eigenvalue weighted by molar-refractivity contribution is -0.613. The Morgan fingerprint density at radius 3 is 2.50 bits per heavy atom. The summed E-state index contributed by atoms with van der Waals surface area (Å²) in [6, 6.07) is 2.55. The minimum Gasteiger partial charge on any atom is -0.618 e. The molecule has 0 fully saturated rings.